The molecule has 1 unspecified atom stereocenters. The molecule has 1 aromatic carbocycles. The highest BCUT2D eigenvalue weighted by molar-refractivity contribution is 5.78. The van der Waals surface area contributed by atoms with Crippen molar-refractivity contribution in [3.8, 4) is 0 Å². The first-order valence-corrected chi connectivity index (χ1v) is 7.48. The van der Waals surface area contributed by atoms with E-state index in [1.165, 1.54) is 5.39 Å². The Hall–Kier alpha value is -1.45. The molecule has 0 spiro atoms. The molecule has 2 aromatic rings. The monoisotopic (exact) mass is 270 g/mol. The molecule has 1 atom stereocenters. The summed E-state index contributed by atoms with van der Waals surface area (Å²) in [6.07, 6.45) is 5.73. The van der Waals surface area contributed by atoms with E-state index in [1.54, 1.807) is 0 Å². The van der Waals surface area contributed by atoms with Crippen molar-refractivity contribution in [2.45, 2.75) is 38.3 Å². The van der Waals surface area contributed by atoms with Crippen molar-refractivity contribution in [2.75, 3.05) is 6.61 Å². The van der Waals surface area contributed by atoms with Gasteiger partial charge in [-0.15, -0.1) is 0 Å². The topological polar surface area (TPSA) is 48.1 Å². The van der Waals surface area contributed by atoms with Crippen LogP contribution in [-0.2, 0) is 4.74 Å². The molecule has 2 N–H and O–H groups in total. The van der Waals surface area contributed by atoms with Gasteiger partial charge in [0.25, 0.3) is 0 Å². The van der Waals surface area contributed by atoms with Crippen LogP contribution in [0, 0.1) is 5.92 Å². The van der Waals surface area contributed by atoms with Crippen LogP contribution in [0.25, 0.3) is 10.9 Å². The van der Waals surface area contributed by atoms with Crippen LogP contribution in [0.4, 0.5) is 0 Å². The van der Waals surface area contributed by atoms with Crippen molar-refractivity contribution < 1.29 is 4.74 Å². The van der Waals surface area contributed by atoms with Gasteiger partial charge in [0.2, 0.25) is 0 Å². The highest BCUT2D eigenvalue weighted by Crippen LogP contribution is 2.36. The van der Waals surface area contributed by atoms with Crippen molar-refractivity contribution in [2.24, 2.45) is 11.7 Å². The number of benzene rings is 1. The first-order chi connectivity index (χ1) is 9.76. The van der Waals surface area contributed by atoms with E-state index in [9.17, 15) is 0 Å². The molecule has 1 aromatic heterocycles. The zero-order valence-electron chi connectivity index (χ0n) is 12.0. The zero-order valence-corrected chi connectivity index (χ0v) is 12.0. The van der Waals surface area contributed by atoms with Gasteiger partial charge in [0, 0.05) is 24.2 Å². The second-order valence-corrected chi connectivity index (χ2v) is 5.72. The summed E-state index contributed by atoms with van der Waals surface area (Å²) in [6.45, 7) is 2.87. The Morgan fingerprint density at radius 2 is 2.15 bits per heavy atom. The highest BCUT2D eigenvalue weighted by Gasteiger charge is 2.30. The smallest absolute Gasteiger partial charge is 0.0702 e. The Morgan fingerprint density at radius 3 is 2.95 bits per heavy atom. The van der Waals surface area contributed by atoms with Crippen molar-refractivity contribution in [1.82, 2.24) is 4.98 Å². The van der Waals surface area contributed by atoms with Crippen LogP contribution in [0.5, 0.6) is 0 Å². The summed E-state index contributed by atoms with van der Waals surface area (Å²) in [5.74, 6) is 0.702. The molecule has 3 nitrogen and oxygen atoms in total. The maximum absolute atomic E-state index is 6.33. The number of hydrogen-bond acceptors (Lipinski definition) is 3. The molecule has 1 heterocycles. The molecule has 0 aliphatic heterocycles. The van der Waals surface area contributed by atoms with E-state index in [2.05, 4.69) is 24.0 Å². The van der Waals surface area contributed by atoms with E-state index >= 15 is 0 Å². The molecule has 1 saturated carbocycles. The Bertz CT molecular complexity index is 578. The molecule has 3 rings (SSSR count). The highest BCUT2D eigenvalue weighted by atomic mass is 16.5. The average Bonchev–Trinajstić information content (AvgIpc) is 2.44. The number of hydrogen-bond donors (Lipinski definition) is 1. The van der Waals surface area contributed by atoms with Crippen LogP contribution in [0.2, 0.25) is 0 Å². The Labute approximate surface area is 120 Å². The van der Waals surface area contributed by atoms with Crippen molar-refractivity contribution in [1.29, 1.82) is 0 Å². The van der Waals surface area contributed by atoms with Crippen molar-refractivity contribution >= 4 is 10.9 Å². The van der Waals surface area contributed by atoms with Crippen LogP contribution in [0.3, 0.4) is 0 Å². The molecule has 1 aliphatic carbocycles. The lowest BCUT2D eigenvalue weighted by molar-refractivity contribution is -0.0282. The maximum Gasteiger partial charge on any atom is 0.0702 e. The molecule has 0 bridgehead atoms. The average molecular weight is 270 g/mol. The minimum absolute atomic E-state index is 0.0830. The first kappa shape index (κ1) is 13.5. The summed E-state index contributed by atoms with van der Waals surface area (Å²) in [7, 11) is 0. The summed E-state index contributed by atoms with van der Waals surface area (Å²) in [6, 6.07) is 10.4. The minimum atomic E-state index is 0.0830. The van der Waals surface area contributed by atoms with E-state index in [-0.39, 0.29) is 6.04 Å². The van der Waals surface area contributed by atoms with Gasteiger partial charge in [0.15, 0.2) is 0 Å². The van der Waals surface area contributed by atoms with Crippen LogP contribution >= 0.6 is 0 Å². The van der Waals surface area contributed by atoms with E-state index in [0.717, 1.165) is 36.9 Å². The van der Waals surface area contributed by atoms with Gasteiger partial charge < -0.3 is 10.5 Å². The summed E-state index contributed by atoms with van der Waals surface area (Å²) in [4.78, 5) is 4.49. The third kappa shape index (κ3) is 2.84. The van der Waals surface area contributed by atoms with Gasteiger partial charge >= 0.3 is 0 Å². The number of aromatic nitrogens is 1. The molecule has 1 aliphatic rings. The van der Waals surface area contributed by atoms with E-state index in [4.69, 9.17) is 10.5 Å². The number of para-hydroxylation sites is 1. The van der Waals surface area contributed by atoms with Crippen LogP contribution < -0.4 is 5.73 Å². The van der Waals surface area contributed by atoms with Gasteiger partial charge in [-0.3, -0.25) is 4.98 Å². The predicted octanol–water partition coefficient (Wildman–Crippen LogP) is 3.44. The molecule has 3 heteroatoms. The normalized spacial score (nSPS) is 23.5. The second-order valence-electron chi connectivity index (χ2n) is 5.72. The SMILES string of the molecule is CCOC1CC(CC(N)c2cnc3ccccc3c2)C1. The van der Waals surface area contributed by atoms with Gasteiger partial charge in [-0.25, -0.2) is 0 Å². The number of nitrogens with zero attached hydrogens (tertiary/aromatic N) is 1. The fourth-order valence-electron chi connectivity index (χ4n) is 3.02. The molecular weight excluding hydrogens is 248 g/mol. The summed E-state index contributed by atoms with van der Waals surface area (Å²) >= 11 is 0. The molecular formula is C17H22N2O. The zero-order chi connectivity index (χ0) is 13.9. The van der Waals surface area contributed by atoms with E-state index in [1.807, 2.05) is 24.4 Å². The lowest BCUT2D eigenvalue weighted by atomic mass is 9.77. The third-order valence-electron chi connectivity index (χ3n) is 4.22. The van der Waals surface area contributed by atoms with Gasteiger partial charge in [-0.1, -0.05) is 18.2 Å². The molecule has 1 fully saturated rings. The fraction of sp³-hybridized carbons (Fsp3) is 0.471. The summed E-state index contributed by atoms with van der Waals surface area (Å²) in [5.41, 5.74) is 8.51. The minimum Gasteiger partial charge on any atom is -0.378 e. The molecule has 0 saturated heterocycles. The summed E-state index contributed by atoms with van der Waals surface area (Å²) in [5, 5.41) is 1.17. The Kier molecular flexibility index (Phi) is 3.99. The van der Waals surface area contributed by atoms with E-state index < -0.39 is 0 Å². The Balaban J connectivity index is 1.63. The number of fused-ring (bicyclic) bond motifs is 1. The van der Waals surface area contributed by atoms with E-state index in [0.29, 0.717) is 12.0 Å². The Morgan fingerprint density at radius 1 is 1.35 bits per heavy atom. The van der Waals surface area contributed by atoms with Gasteiger partial charge in [-0.05, 0) is 49.8 Å². The van der Waals surface area contributed by atoms with Crippen molar-refractivity contribution in [3.63, 3.8) is 0 Å². The molecule has 20 heavy (non-hydrogen) atoms. The number of ether oxygens (including phenoxy) is 1. The van der Waals surface area contributed by atoms with Crippen LogP contribution in [0.1, 0.15) is 37.8 Å². The van der Waals surface area contributed by atoms with Gasteiger partial charge in [-0.2, -0.15) is 0 Å². The lowest BCUT2D eigenvalue weighted by Crippen LogP contribution is -2.33. The van der Waals surface area contributed by atoms with Gasteiger partial charge in [0.05, 0.1) is 11.6 Å². The second kappa shape index (κ2) is 5.90. The third-order valence-corrected chi connectivity index (χ3v) is 4.22. The largest absolute Gasteiger partial charge is 0.378 e. The first-order valence-electron chi connectivity index (χ1n) is 7.48. The molecule has 0 radical (unpaired) electrons. The lowest BCUT2D eigenvalue weighted by Gasteiger charge is -2.36. The number of nitrogens with two attached hydrogens (primary N) is 1. The molecule has 0 amide bonds. The number of rotatable bonds is 5. The fourth-order valence-corrected chi connectivity index (χ4v) is 3.02. The molecule has 106 valence electrons. The summed E-state index contributed by atoms with van der Waals surface area (Å²) < 4.78 is 5.60. The standard InChI is InChI=1S/C17H22N2O/c1-2-20-15-7-12(8-15)9-16(18)14-10-13-5-3-4-6-17(13)19-11-14/h3-6,10-12,15-16H,2,7-9,18H2,1H3. The quantitative estimate of drug-likeness (QED) is 0.905. The predicted molar refractivity (Wildman–Crippen MR) is 81.4 cm³/mol. The number of pyridine rings is 1. The van der Waals surface area contributed by atoms with Crippen molar-refractivity contribution in [3.05, 3.63) is 42.1 Å². The van der Waals surface area contributed by atoms with Gasteiger partial charge in [0.1, 0.15) is 0 Å². The van der Waals surface area contributed by atoms with Crippen LogP contribution in [-0.4, -0.2) is 17.7 Å². The van der Waals surface area contributed by atoms with Crippen LogP contribution in [0.15, 0.2) is 36.5 Å². The maximum atomic E-state index is 6.33.